The van der Waals surface area contributed by atoms with Crippen LogP contribution >= 0.6 is 0 Å². The molecule has 0 rings (SSSR count). The van der Waals surface area contributed by atoms with Crippen molar-refractivity contribution in [3.05, 3.63) is 0 Å². The van der Waals surface area contributed by atoms with Gasteiger partial charge in [-0.3, -0.25) is 0 Å². The molecule has 0 amide bonds. The first-order chi connectivity index (χ1) is 5.79. The number of ether oxygens (including phenoxy) is 1. The molecule has 0 aromatic heterocycles. The number of hydrogen-bond donors (Lipinski definition) is 0. The molecule has 80 valence electrons. The molecule has 3 atom stereocenters. The summed E-state index contributed by atoms with van der Waals surface area (Å²) in [6.45, 7) is 8.18. The van der Waals surface area contributed by atoms with Crippen molar-refractivity contribution in [2.24, 2.45) is 5.92 Å². The van der Waals surface area contributed by atoms with Crippen LogP contribution in [0.15, 0.2) is 0 Å². The average Bonchev–Trinajstić information content (AvgIpc) is 2.01. The normalized spacial score (nSPS) is 19.6. The van der Waals surface area contributed by atoms with Crippen molar-refractivity contribution < 1.29 is 13.5 Å². The van der Waals surface area contributed by atoms with E-state index in [1.54, 1.807) is 0 Å². The summed E-state index contributed by atoms with van der Waals surface area (Å²) in [5.41, 5.74) is 0. The van der Waals surface area contributed by atoms with Crippen LogP contribution in [-0.4, -0.2) is 18.1 Å². The topological polar surface area (TPSA) is 9.23 Å². The van der Waals surface area contributed by atoms with E-state index < -0.39 is 12.0 Å². The van der Waals surface area contributed by atoms with E-state index in [-0.39, 0.29) is 6.10 Å². The van der Waals surface area contributed by atoms with Crippen molar-refractivity contribution >= 4 is 0 Å². The van der Waals surface area contributed by atoms with Gasteiger partial charge in [-0.2, -0.15) is 0 Å². The van der Waals surface area contributed by atoms with Gasteiger partial charge in [0.15, 0.2) is 0 Å². The first kappa shape index (κ1) is 12.8. The number of rotatable bonds is 5. The third-order valence-corrected chi connectivity index (χ3v) is 2.58. The Kier molecular flexibility index (Phi) is 4.82. The molecule has 3 heteroatoms. The van der Waals surface area contributed by atoms with E-state index in [0.29, 0.717) is 5.92 Å². The lowest BCUT2D eigenvalue weighted by Gasteiger charge is -2.26. The number of hydrogen-bond acceptors (Lipinski definition) is 1. The minimum atomic E-state index is -2.75. The SMILES string of the molecule is CCC(C)C(C)OC(C)C(C)(F)F. The Hall–Kier alpha value is -0.180. The third kappa shape index (κ3) is 4.55. The maximum Gasteiger partial charge on any atom is 0.270 e. The van der Waals surface area contributed by atoms with Gasteiger partial charge >= 0.3 is 0 Å². The molecule has 0 heterocycles. The minimum Gasteiger partial charge on any atom is -0.369 e. The standard InChI is InChI=1S/C10H20F2O/c1-6-7(2)8(3)13-9(4)10(5,11)12/h7-9H,6H2,1-5H3. The molecule has 0 bridgehead atoms. The third-order valence-electron chi connectivity index (χ3n) is 2.58. The highest BCUT2D eigenvalue weighted by atomic mass is 19.3. The van der Waals surface area contributed by atoms with Gasteiger partial charge in [0.25, 0.3) is 5.92 Å². The van der Waals surface area contributed by atoms with Gasteiger partial charge in [-0.1, -0.05) is 20.3 Å². The Morgan fingerprint density at radius 2 is 1.69 bits per heavy atom. The predicted molar refractivity (Wildman–Crippen MR) is 50.1 cm³/mol. The van der Waals surface area contributed by atoms with E-state index in [1.807, 2.05) is 20.8 Å². The molecule has 0 spiro atoms. The van der Waals surface area contributed by atoms with Crippen molar-refractivity contribution in [3.63, 3.8) is 0 Å². The molecular formula is C10H20F2O. The van der Waals surface area contributed by atoms with Crippen LogP contribution in [0.25, 0.3) is 0 Å². The van der Waals surface area contributed by atoms with E-state index in [9.17, 15) is 8.78 Å². The molecule has 13 heavy (non-hydrogen) atoms. The van der Waals surface area contributed by atoms with Gasteiger partial charge in [0.2, 0.25) is 0 Å². The zero-order valence-corrected chi connectivity index (χ0v) is 9.10. The molecule has 1 nitrogen and oxygen atoms in total. The van der Waals surface area contributed by atoms with Crippen LogP contribution in [0, 0.1) is 5.92 Å². The quantitative estimate of drug-likeness (QED) is 0.651. The van der Waals surface area contributed by atoms with E-state index in [0.717, 1.165) is 13.3 Å². The Labute approximate surface area is 79.5 Å². The summed E-state index contributed by atoms with van der Waals surface area (Å²) < 4.78 is 30.7. The van der Waals surface area contributed by atoms with Crippen LogP contribution < -0.4 is 0 Å². The molecule has 0 aromatic rings. The molecule has 0 saturated heterocycles. The first-order valence-electron chi connectivity index (χ1n) is 4.82. The summed E-state index contributed by atoms with van der Waals surface area (Å²) in [6, 6.07) is 0. The molecule has 0 fully saturated rings. The van der Waals surface area contributed by atoms with Crippen LogP contribution in [-0.2, 0) is 4.74 Å². The fourth-order valence-corrected chi connectivity index (χ4v) is 0.908. The predicted octanol–water partition coefficient (Wildman–Crippen LogP) is 3.48. The van der Waals surface area contributed by atoms with Crippen LogP contribution in [0.4, 0.5) is 8.78 Å². The number of halogens is 2. The second-order valence-corrected chi connectivity index (χ2v) is 3.83. The largest absolute Gasteiger partial charge is 0.369 e. The van der Waals surface area contributed by atoms with Crippen molar-refractivity contribution in [1.29, 1.82) is 0 Å². The van der Waals surface area contributed by atoms with Crippen LogP contribution in [0.3, 0.4) is 0 Å². The van der Waals surface area contributed by atoms with E-state index in [4.69, 9.17) is 4.74 Å². The Morgan fingerprint density at radius 3 is 2.00 bits per heavy atom. The highest BCUT2D eigenvalue weighted by Gasteiger charge is 2.32. The molecule has 0 aliphatic heterocycles. The van der Waals surface area contributed by atoms with Gasteiger partial charge in [0, 0.05) is 6.92 Å². The van der Waals surface area contributed by atoms with Crippen molar-refractivity contribution in [1.82, 2.24) is 0 Å². The van der Waals surface area contributed by atoms with E-state index >= 15 is 0 Å². The maximum atomic E-state index is 12.7. The maximum absolute atomic E-state index is 12.7. The Bertz CT molecular complexity index is 142. The van der Waals surface area contributed by atoms with Gasteiger partial charge in [-0.25, -0.2) is 8.78 Å². The van der Waals surface area contributed by atoms with E-state index in [2.05, 4.69) is 0 Å². The zero-order valence-electron chi connectivity index (χ0n) is 9.10. The molecule has 0 radical (unpaired) electrons. The second kappa shape index (κ2) is 4.89. The number of alkyl halides is 2. The smallest absolute Gasteiger partial charge is 0.270 e. The van der Waals surface area contributed by atoms with Crippen molar-refractivity contribution in [2.45, 2.75) is 59.2 Å². The summed E-state index contributed by atoms with van der Waals surface area (Å²) in [4.78, 5) is 0. The van der Waals surface area contributed by atoms with Crippen LogP contribution in [0.5, 0.6) is 0 Å². The molecular weight excluding hydrogens is 174 g/mol. The monoisotopic (exact) mass is 194 g/mol. The highest BCUT2D eigenvalue weighted by Crippen LogP contribution is 2.23. The summed E-state index contributed by atoms with van der Waals surface area (Å²) in [7, 11) is 0. The van der Waals surface area contributed by atoms with Gasteiger partial charge in [-0.05, 0) is 19.8 Å². The molecule has 0 aliphatic carbocycles. The Morgan fingerprint density at radius 1 is 1.23 bits per heavy atom. The second-order valence-electron chi connectivity index (χ2n) is 3.83. The molecule has 3 unspecified atom stereocenters. The first-order valence-corrected chi connectivity index (χ1v) is 4.82. The van der Waals surface area contributed by atoms with Crippen LogP contribution in [0.1, 0.15) is 41.0 Å². The molecule has 0 aromatic carbocycles. The van der Waals surface area contributed by atoms with Gasteiger partial charge < -0.3 is 4.74 Å². The summed E-state index contributed by atoms with van der Waals surface area (Å²) in [5.74, 6) is -2.42. The average molecular weight is 194 g/mol. The molecule has 0 N–H and O–H groups in total. The fourth-order valence-electron chi connectivity index (χ4n) is 0.908. The zero-order chi connectivity index (χ0) is 10.6. The van der Waals surface area contributed by atoms with Gasteiger partial charge in [0.05, 0.1) is 6.10 Å². The summed E-state index contributed by atoms with van der Waals surface area (Å²) in [6.07, 6.45) is -0.161. The lowest BCUT2D eigenvalue weighted by atomic mass is 10.0. The lowest BCUT2D eigenvalue weighted by molar-refractivity contribution is -0.146. The highest BCUT2D eigenvalue weighted by molar-refractivity contribution is 4.70. The van der Waals surface area contributed by atoms with Gasteiger partial charge in [0.1, 0.15) is 6.10 Å². The minimum absolute atomic E-state index is 0.106. The fraction of sp³-hybridized carbons (Fsp3) is 1.00. The van der Waals surface area contributed by atoms with Crippen molar-refractivity contribution in [2.75, 3.05) is 0 Å². The summed E-state index contributed by atoms with van der Waals surface area (Å²) >= 11 is 0. The van der Waals surface area contributed by atoms with E-state index in [1.165, 1.54) is 6.92 Å². The lowest BCUT2D eigenvalue weighted by Crippen LogP contribution is -2.34. The Balaban J connectivity index is 3.98. The summed E-state index contributed by atoms with van der Waals surface area (Å²) in [5, 5.41) is 0. The van der Waals surface area contributed by atoms with Crippen molar-refractivity contribution in [3.8, 4) is 0 Å². The van der Waals surface area contributed by atoms with Gasteiger partial charge in [-0.15, -0.1) is 0 Å². The van der Waals surface area contributed by atoms with Crippen LogP contribution in [0.2, 0.25) is 0 Å². The molecule has 0 saturated carbocycles. The molecule has 0 aliphatic rings.